The third-order valence-corrected chi connectivity index (χ3v) is 2.50. The molecule has 19 heavy (non-hydrogen) atoms. The summed E-state index contributed by atoms with van der Waals surface area (Å²) in [6, 6.07) is 1.54. The molecular formula is C10H12F3N5O. The number of unbranched alkanes of at least 4 members (excludes halogenated alkanes) is 1. The highest BCUT2D eigenvalue weighted by Crippen LogP contribution is 2.22. The van der Waals surface area contributed by atoms with Gasteiger partial charge in [0, 0.05) is 19.0 Å². The van der Waals surface area contributed by atoms with Gasteiger partial charge in [0.1, 0.15) is 12.1 Å². The van der Waals surface area contributed by atoms with Crippen molar-refractivity contribution in [1.82, 2.24) is 19.6 Å². The van der Waals surface area contributed by atoms with Crippen molar-refractivity contribution >= 4 is 11.5 Å². The molecule has 9 heteroatoms. The van der Waals surface area contributed by atoms with Gasteiger partial charge in [0.05, 0.1) is 0 Å². The van der Waals surface area contributed by atoms with Crippen LogP contribution < -0.4 is 11.0 Å². The molecule has 0 fully saturated rings. The molecule has 0 aliphatic carbocycles. The number of alkyl halides is 3. The van der Waals surface area contributed by atoms with E-state index in [9.17, 15) is 18.0 Å². The minimum atomic E-state index is -4.10. The van der Waals surface area contributed by atoms with Crippen LogP contribution in [0.25, 0.3) is 5.65 Å². The monoisotopic (exact) mass is 275 g/mol. The Hall–Kier alpha value is -2.06. The fourth-order valence-corrected chi connectivity index (χ4v) is 1.57. The van der Waals surface area contributed by atoms with Crippen molar-refractivity contribution in [3.8, 4) is 0 Å². The van der Waals surface area contributed by atoms with Crippen molar-refractivity contribution in [2.24, 2.45) is 0 Å². The summed E-state index contributed by atoms with van der Waals surface area (Å²) in [4.78, 5) is 15.1. The zero-order chi connectivity index (χ0) is 13.9. The number of anilines is 1. The van der Waals surface area contributed by atoms with Gasteiger partial charge < -0.3 is 5.32 Å². The number of hydrogen-bond acceptors (Lipinski definition) is 4. The summed E-state index contributed by atoms with van der Waals surface area (Å²) in [5, 5.41) is 8.90. The second kappa shape index (κ2) is 5.29. The van der Waals surface area contributed by atoms with Crippen molar-refractivity contribution in [2.45, 2.75) is 25.4 Å². The third kappa shape index (κ3) is 3.70. The fourth-order valence-electron chi connectivity index (χ4n) is 1.57. The molecule has 0 aliphatic rings. The molecule has 104 valence electrons. The third-order valence-electron chi connectivity index (χ3n) is 2.50. The molecule has 0 radical (unpaired) electrons. The standard InChI is InChI=1S/C10H12F3N5O/c11-10(12,13)3-1-2-4-14-7-5-8-16-17-9(19)18(8)6-15-7/h5-6,14H,1-4H2,(H,17,19). The molecule has 0 aliphatic heterocycles. The Balaban J connectivity index is 1.83. The highest BCUT2D eigenvalue weighted by Gasteiger charge is 2.25. The topological polar surface area (TPSA) is 75.1 Å². The minimum Gasteiger partial charge on any atom is -0.370 e. The first-order valence-electron chi connectivity index (χ1n) is 5.69. The van der Waals surface area contributed by atoms with Crippen LogP contribution in [0.5, 0.6) is 0 Å². The van der Waals surface area contributed by atoms with Gasteiger partial charge in [0.2, 0.25) is 0 Å². The smallest absolute Gasteiger partial charge is 0.370 e. The van der Waals surface area contributed by atoms with Gasteiger partial charge in [0.15, 0.2) is 5.65 Å². The largest absolute Gasteiger partial charge is 0.389 e. The Bertz CT molecular complexity index is 603. The van der Waals surface area contributed by atoms with Crippen LogP contribution in [0.15, 0.2) is 17.2 Å². The number of halogens is 3. The zero-order valence-electron chi connectivity index (χ0n) is 9.87. The quantitative estimate of drug-likeness (QED) is 0.812. The summed E-state index contributed by atoms with van der Waals surface area (Å²) < 4.78 is 36.9. The summed E-state index contributed by atoms with van der Waals surface area (Å²) in [6.45, 7) is 0.383. The SMILES string of the molecule is O=c1[nH]nc2cc(NCCCCC(F)(F)F)ncn12. The van der Waals surface area contributed by atoms with E-state index in [0.29, 0.717) is 24.4 Å². The molecule has 0 spiro atoms. The Kier molecular flexibility index (Phi) is 3.72. The van der Waals surface area contributed by atoms with Gasteiger partial charge >= 0.3 is 11.9 Å². The first kappa shape index (κ1) is 13.4. The zero-order valence-corrected chi connectivity index (χ0v) is 9.87. The van der Waals surface area contributed by atoms with Gasteiger partial charge in [-0.05, 0) is 12.8 Å². The lowest BCUT2D eigenvalue weighted by Crippen LogP contribution is -2.11. The molecule has 2 aromatic rings. The van der Waals surface area contributed by atoms with E-state index in [2.05, 4.69) is 20.5 Å². The number of nitrogens with one attached hydrogen (secondary N) is 2. The van der Waals surface area contributed by atoms with E-state index in [4.69, 9.17) is 0 Å². The van der Waals surface area contributed by atoms with Gasteiger partial charge in [-0.2, -0.15) is 18.3 Å². The maximum Gasteiger partial charge on any atom is 0.389 e. The highest BCUT2D eigenvalue weighted by molar-refractivity contribution is 5.48. The number of H-pyrrole nitrogens is 1. The molecule has 0 unspecified atom stereocenters. The Morgan fingerprint density at radius 2 is 2.16 bits per heavy atom. The van der Waals surface area contributed by atoms with E-state index in [1.807, 2.05) is 0 Å². The van der Waals surface area contributed by atoms with Crippen LogP contribution in [-0.4, -0.2) is 32.3 Å². The van der Waals surface area contributed by atoms with Crippen molar-refractivity contribution in [3.63, 3.8) is 0 Å². The number of rotatable bonds is 5. The average molecular weight is 275 g/mol. The second-order valence-corrected chi connectivity index (χ2v) is 4.03. The van der Waals surface area contributed by atoms with Crippen molar-refractivity contribution in [1.29, 1.82) is 0 Å². The predicted molar refractivity (Wildman–Crippen MR) is 62.0 cm³/mol. The highest BCUT2D eigenvalue weighted by atomic mass is 19.4. The number of aromatic nitrogens is 4. The summed E-state index contributed by atoms with van der Waals surface area (Å²) in [5.74, 6) is 0.471. The molecular weight excluding hydrogens is 263 g/mol. The molecule has 6 nitrogen and oxygen atoms in total. The molecule has 0 atom stereocenters. The summed E-state index contributed by atoms with van der Waals surface area (Å²) in [6.07, 6.45) is -3.12. The maximum absolute atomic E-state index is 11.9. The molecule has 0 saturated carbocycles. The van der Waals surface area contributed by atoms with Crippen LogP contribution >= 0.6 is 0 Å². The number of nitrogens with zero attached hydrogens (tertiary/aromatic N) is 3. The van der Waals surface area contributed by atoms with Gasteiger partial charge in [0.25, 0.3) is 0 Å². The van der Waals surface area contributed by atoms with Crippen molar-refractivity contribution < 1.29 is 13.2 Å². The number of fused-ring (bicyclic) bond motifs is 1. The Morgan fingerprint density at radius 3 is 2.89 bits per heavy atom. The van der Waals surface area contributed by atoms with E-state index < -0.39 is 12.6 Å². The first-order valence-corrected chi connectivity index (χ1v) is 5.69. The minimum absolute atomic E-state index is 0.0700. The van der Waals surface area contributed by atoms with E-state index >= 15 is 0 Å². The van der Waals surface area contributed by atoms with Crippen LogP contribution in [0.2, 0.25) is 0 Å². The normalized spacial score (nSPS) is 11.9. The fraction of sp³-hybridized carbons (Fsp3) is 0.500. The summed E-state index contributed by atoms with van der Waals surface area (Å²) in [7, 11) is 0. The Labute approximate surface area is 105 Å². The lowest BCUT2D eigenvalue weighted by Gasteiger charge is -2.07. The molecule has 0 amide bonds. The molecule has 2 N–H and O–H groups in total. The van der Waals surface area contributed by atoms with Crippen molar-refractivity contribution in [3.05, 3.63) is 22.9 Å². The lowest BCUT2D eigenvalue weighted by atomic mass is 10.2. The van der Waals surface area contributed by atoms with Gasteiger partial charge in [-0.15, -0.1) is 0 Å². The Morgan fingerprint density at radius 1 is 1.37 bits per heavy atom. The molecule has 0 bridgehead atoms. The lowest BCUT2D eigenvalue weighted by molar-refractivity contribution is -0.135. The van der Waals surface area contributed by atoms with Gasteiger partial charge in [-0.25, -0.2) is 19.3 Å². The van der Waals surface area contributed by atoms with E-state index in [1.54, 1.807) is 6.07 Å². The van der Waals surface area contributed by atoms with Gasteiger partial charge in [-0.1, -0.05) is 0 Å². The first-order chi connectivity index (χ1) is 8.96. The van der Waals surface area contributed by atoms with E-state index in [-0.39, 0.29) is 12.1 Å². The van der Waals surface area contributed by atoms with E-state index in [0.717, 1.165) is 0 Å². The number of hydrogen-bond donors (Lipinski definition) is 2. The summed E-state index contributed by atoms with van der Waals surface area (Å²) >= 11 is 0. The number of aromatic amines is 1. The second-order valence-electron chi connectivity index (χ2n) is 4.03. The molecule has 2 heterocycles. The van der Waals surface area contributed by atoms with Crippen LogP contribution in [0.4, 0.5) is 19.0 Å². The van der Waals surface area contributed by atoms with Crippen LogP contribution in [0.3, 0.4) is 0 Å². The molecule has 0 saturated heterocycles. The van der Waals surface area contributed by atoms with E-state index in [1.165, 1.54) is 10.7 Å². The van der Waals surface area contributed by atoms with Crippen LogP contribution in [0.1, 0.15) is 19.3 Å². The molecule has 0 aromatic carbocycles. The summed E-state index contributed by atoms with van der Waals surface area (Å²) in [5.41, 5.74) is 0.0111. The van der Waals surface area contributed by atoms with Crippen LogP contribution in [-0.2, 0) is 0 Å². The van der Waals surface area contributed by atoms with Gasteiger partial charge in [-0.3, -0.25) is 0 Å². The molecule has 2 rings (SSSR count). The predicted octanol–water partition coefficient (Wildman–Crippen LogP) is 1.56. The van der Waals surface area contributed by atoms with Crippen molar-refractivity contribution in [2.75, 3.05) is 11.9 Å². The maximum atomic E-state index is 11.9. The van der Waals surface area contributed by atoms with Crippen LogP contribution in [0, 0.1) is 0 Å². The average Bonchev–Trinajstić information content (AvgIpc) is 2.69. The molecule has 2 aromatic heterocycles.